The molecule has 0 radical (unpaired) electrons. The number of likely N-dealkylation sites (tertiary alicyclic amines) is 1. The van der Waals surface area contributed by atoms with Gasteiger partial charge in [0, 0.05) is 18.0 Å². The van der Waals surface area contributed by atoms with Crippen molar-refractivity contribution in [1.82, 2.24) is 4.90 Å². The molecule has 76 valence electrons. The van der Waals surface area contributed by atoms with Gasteiger partial charge in [-0.25, -0.2) is 0 Å². The van der Waals surface area contributed by atoms with Crippen LogP contribution in [0.1, 0.15) is 34.6 Å². The Labute approximate surface area is 81.3 Å². The van der Waals surface area contributed by atoms with E-state index in [0.29, 0.717) is 18.2 Å². The zero-order chi connectivity index (χ0) is 10.2. The standard InChI is InChI=1S/C11H21NO/c1-8-6-12(11(3,4)5)7-10(13)9(8)2/h8-9H,6-7H2,1-5H3. The molecule has 0 aromatic carbocycles. The zero-order valence-corrected chi connectivity index (χ0v) is 9.42. The third-order valence-electron chi connectivity index (χ3n) is 3.17. The first-order valence-electron chi connectivity index (χ1n) is 5.10. The Kier molecular flexibility index (Phi) is 2.81. The number of hydrogen-bond donors (Lipinski definition) is 0. The predicted molar refractivity (Wildman–Crippen MR) is 54.7 cm³/mol. The molecule has 13 heavy (non-hydrogen) atoms. The third-order valence-corrected chi connectivity index (χ3v) is 3.17. The fourth-order valence-corrected chi connectivity index (χ4v) is 1.73. The van der Waals surface area contributed by atoms with Crippen LogP contribution in [-0.4, -0.2) is 29.3 Å². The van der Waals surface area contributed by atoms with Crippen LogP contribution >= 0.6 is 0 Å². The summed E-state index contributed by atoms with van der Waals surface area (Å²) in [5, 5.41) is 0. The number of carbonyl (C=O) groups is 1. The molecular formula is C11H21NO. The van der Waals surface area contributed by atoms with Crippen LogP contribution in [0.3, 0.4) is 0 Å². The van der Waals surface area contributed by atoms with E-state index >= 15 is 0 Å². The molecule has 1 heterocycles. The number of hydrogen-bond acceptors (Lipinski definition) is 2. The molecule has 0 aliphatic carbocycles. The summed E-state index contributed by atoms with van der Waals surface area (Å²) in [6.45, 7) is 12.4. The van der Waals surface area contributed by atoms with Crippen molar-refractivity contribution in [2.24, 2.45) is 11.8 Å². The van der Waals surface area contributed by atoms with Crippen molar-refractivity contribution in [2.45, 2.75) is 40.2 Å². The summed E-state index contributed by atoms with van der Waals surface area (Å²) in [5.74, 6) is 1.15. The summed E-state index contributed by atoms with van der Waals surface area (Å²) in [4.78, 5) is 13.9. The molecule has 0 amide bonds. The van der Waals surface area contributed by atoms with Crippen LogP contribution in [0.15, 0.2) is 0 Å². The van der Waals surface area contributed by atoms with Crippen LogP contribution in [0.5, 0.6) is 0 Å². The first-order valence-corrected chi connectivity index (χ1v) is 5.10. The van der Waals surface area contributed by atoms with Crippen LogP contribution in [-0.2, 0) is 4.79 Å². The van der Waals surface area contributed by atoms with E-state index in [0.717, 1.165) is 6.54 Å². The first-order chi connectivity index (χ1) is 5.82. The third kappa shape index (κ3) is 2.31. The van der Waals surface area contributed by atoms with Gasteiger partial charge in [0.05, 0.1) is 6.54 Å². The lowest BCUT2D eigenvalue weighted by atomic mass is 9.85. The maximum absolute atomic E-state index is 11.6. The summed E-state index contributed by atoms with van der Waals surface area (Å²) in [6, 6.07) is 0. The van der Waals surface area contributed by atoms with Crippen molar-refractivity contribution >= 4 is 5.78 Å². The van der Waals surface area contributed by atoms with Gasteiger partial charge in [0.15, 0.2) is 0 Å². The van der Waals surface area contributed by atoms with Crippen LogP contribution in [0.2, 0.25) is 0 Å². The van der Waals surface area contributed by atoms with Crippen LogP contribution in [0, 0.1) is 11.8 Å². The molecule has 2 nitrogen and oxygen atoms in total. The molecule has 0 bridgehead atoms. The monoisotopic (exact) mass is 183 g/mol. The van der Waals surface area contributed by atoms with Crippen LogP contribution < -0.4 is 0 Å². The largest absolute Gasteiger partial charge is 0.298 e. The minimum Gasteiger partial charge on any atom is -0.298 e. The Hall–Kier alpha value is -0.370. The molecule has 2 atom stereocenters. The molecule has 0 N–H and O–H groups in total. The average Bonchev–Trinajstić information content (AvgIpc) is 1.97. The molecule has 0 aromatic rings. The fourth-order valence-electron chi connectivity index (χ4n) is 1.73. The van der Waals surface area contributed by atoms with Gasteiger partial charge in [0.1, 0.15) is 5.78 Å². The Balaban J connectivity index is 2.69. The molecule has 1 aliphatic heterocycles. The lowest BCUT2D eigenvalue weighted by Gasteiger charge is -2.42. The van der Waals surface area contributed by atoms with Crippen molar-refractivity contribution in [3.8, 4) is 0 Å². The van der Waals surface area contributed by atoms with Crippen molar-refractivity contribution in [1.29, 1.82) is 0 Å². The van der Waals surface area contributed by atoms with Gasteiger partial charge in [-0.1, -0.05) is 13.8 Å². The molecule has 0 aromatic heterocycles. The molecule has 0 spiro atoms. The van der Waals surface area contributed by atoms with E-state index in [1.165, 1.54) is 0 Å². The lowest BCUT2D eigenvalue weighted by Crippen LogP contribution is -2.52. The van der Waals surface area contributed by atoms with E-state index in [-0.39, 0.29) is 11.5 Å². The number of nitrogens with zero attached hydrogens (tertiary/aromatic N) is 1. The highest BCUT2D eigenvalue weighted by molar-refractivity contribution is 5.83. The molecule has 2 heteroatoms. The number of ketones is 1. The van der Waals surface area contributed by atoms with Crippen molar-refractivity contribution in [3.63, 3.8) is 0 Å². The van der Waals surface area contributed by atoms with Crippen LogP contribution in [0.25, 0.3) is 0 Å². The molecule has 1 aliphatic rings. The van der Waals surface area contributed by atoms with Crippen molar-refractivity contribution < 1.29 is 4.79 Å². The summed E-state index contributed by atoms with van der Waals surface area (Å²) in [6.07, 6.45) is 0. The number of carbonyl (C=O) groups excluding carboxylic acids is 1. The van der Waals surface area contributed by atoms with E-state index in [2.05, 4.69) is 32.6 Å². The van der Waals surface area contributed by atoms with Crippen LogP contribution in [0.4, 0.5) is 0 Å². The van der Waals surface area contributed by atoms with Crippen molar-refractivity contribution in [2.75, 3.05) is 13.1 Å². The SMILES string of the molecule is CC1CN(C(C)(C)C)CC(=O)C1C. The van der Waals surface area contributed by atoms with Gasteiger partial charge in [-0.3, -0.25) is 9.69 Å². The van der Waals surface area contributed by atoms with E-state index in [1.54, 1.807) is 0 Å². The quantitative estimate of drug-likeness (QED) is 0.572. The van der Waals surface area contributed by atoms with Gasteiger partial charge in [0.25, 0.3) is 0 Å². The number of rotatable bonds is 0. The maximum Gasteiger partial charge on any atom is 0.149 e. The summed E-state index contributed by atoms with van der Waals surface area (Å²) in [5.41, 5.74) is 0.129. The van der Waals surface area contributed by atoms with Gasteiger partial charge in [0.2, 0.25) is 0 Å². The number of Topliss-reactive ketones (excluding diaryl/α,β-unsaturated/α-hetero) is 1. The van der Waals surface area contributed by atoms with Gasteiger partial charge in [-0.2, -0.15) is 0 Å². The Morgan fingerprint density at radius 3 is 2.23 bits per heavy atom. The van der Waals surface area contributed by atoms with Gasteiger partial charge >= 0.3 is 0 Å². The Bertz CT molecular complexity index is 205. The predicted octanol–water partition coefficient (Wildman–Crippen LogP) is 1.94. The van der Waals surface area contributed by atoms with E-state index < -0.39 is 0 Å². The molecule has 1 saturated heterocycles. The second kappa shape index (κ2) is 3.41. The van der Waals surface area contributed by atoms with E-state index in [9.17, 15) is 4.79 Å². The highest BCUT2D eigenvalue weighted by Gasteiger charge is 2.34. The second-order valence-electron chi connectivity index (χ2n) is 5.28. The normalized spacial score (nSPS) is 32.2. The van der Waals surface area contributed by atoms with Gasteiger partial charge in [-0.05, 0) is 26.7 Å². The highest BCUT2D eigenvalue weighted by atomic mass is 16.1. The smallest absolute Gasteiger partial charge is 0.149 e. The first kappa shape index (κ1) is 10.7. The summed E-state index contributed by atoms with van der Waals surface area (Å²) in [7, 11) is 0. The van der Waals surface area contributed by atoms with E-state index in [4.69, 9.17) is 0 Å². The Morgan fingerprint density at radius 2 is 1.85 bits per heavy atom. The highest BCUT2D eigenvalue weighted by Crippen LogP contribution is 2.25. The molecular weight excluding hydrogens is 162 g/mol. The minimum absolute atomic E-state index is 0.129. The average molecular weight is 183 g/mol. The zero-order valence-electron chi connectivity index (χ0n) is 9.42. The maximum atomic E-state index is 11.6. The Morgan fingerprint density at radius 1 is 1.31 bits per heavy atom. The van der Waals surface area contributed by atoms with Crippen molar-refractivity contribution in [3.05, 3.63) is 0 Å². The summed E-state index contributed by atoms with van der Waals surface area (Å²) >= 11 is 0. The summed E-state index contributed by atoms with van der Waals surface area (Å²) < 4.78 is 0. The minimum atomic E-state index is 0.129. The topological polar surface area (TPSA) is 20.3 Å². The van der Waals surface area contributed by atoms with Gasteiger partial charge < -0.3 is 0 Å². The molecule has 1 fully saturated rings. The second-order valence-corrected chi connectivity index (χ2v) is 5.28. The molecule has 2 unspecified atom stereocenters. The molecule has 1 rings (SSSR count). The number of piperidine rings is 1. The lowest BCUT2D eigenvalue weighted by molar-refractivity contribution is -0.130. The molecule has 0 saturated carbocycles. The van der Waals surface area contributed by atoms with Gasteiger partial charge in [-0.15, -0.1) is 0 Å². The van der Waals surface area contributed by atoms with E-state index in [1.807, 2.05) is 6.92 Å². The fraction of sp³-hybridized carbons (Fsp3) is 0.909.